The third-order valence-electron chi connectivity index (χ3n) is 2.94. The summed E-state index contributed by atoms with van der Waals surface area (Å²) in [5, 5.41) is 25.5. The maximum Gasteiger partial charge on any atom is 0.329 e. The van der Waals surface area contributed by atoms with Crippen LogP contribution in [-0.4, -0.2) is 37.2 Å². The first-order chi connectivity index (χ1) is 8.93. The van der Waals surface area contributed by atoms with Crippen LogP contribution in [0.2, 0.25) is 0 Å². The Hall–Kier alpha value is -2.45. The molecule has 1 saturated carbocycles. The number of aryl methyl sites for hydroxylation is 1. The van der Waals surface area contributed by atoms with Crippen LogP contribution in [0.15, 0.2) is 12.4 Å². The van der Waals surface area contributed by atoms with Crippen molar-refractivity contribution in [2.75, 3.05) is 0 Å². The van der Waals surface area contributed by atoms with Gasteiger partial charge in [0.1, 0.15) is 17.9 Å². The zero-order valence-electron chi connectivity index (χ0n) is 9.90. The van der Waals surface area contributed by atoms with Crippen LogP contribution in [0.4, 0.5) is 5.69 Å². The summed E-state index contributed by atoms with van der Waals surface area (Å²) < 4.78 is 1.28. The van der Waals surface area contributed by atoms with Crippen molar-refractivity contribution in [3.05, 3.63) is 22.5 Å². The van der Waals surface area contributed by atoms with Crippen molar-refractivity contribution in [1.82, 2.24) is 15.1 Å². The molecule has 0 aromatic carbocycles. The van der Waals surface area contributed by atoms with E-state index in [0.717, 1.165) is 6.20 Å². The summed E-state index contributed by atoms with van der Waals surface area (Å²) in [6.07, 6.45) is 3.20. The van der Waals surface area contributed by atoms with Crippen molar-refractivity contribution in [1.29, 1.82) is 0 Å². The number of carboxylic acids is 1. The highest BCUT2D eigenvalue weighted by atomic mass is 16.6. The van der Waals surface area contributed by atoms with Gasteiger partial charge in [-0.15, -0.1) is 0 Å². The first-order valence-electron chi connectivity index (χ1n) is 5.64. The summed E-state index contributed by atoms with van der Waals surface area (Å²) >= 11 is 0. The molecule has 1 aliphatic rings. The molecule has 1 heterocycles. The number of rotatable bonds is 6. The lowest BCUT2D eigenvalue weighted by molar-refractivity contribution is -0.385. The van der Waals surface area contributed by atoms with Crippen molar-refractivity contribution < 1.29 is 19.6 Å². The third kappa shape index (κ3) is 2.87. The summed E-state index contributed by atoms with van der Waals surface area (Å²) in [4.78, 5) is 32.3. The molecule has 1 aromatic heterocycles. The molecule has 0 radical (unpaired) electrons. The van der Waals surface area contributed by atoms with Crippen molar-refractivity contribution >= 4 is 17.6 Å². The van der Waals surface area contributed by atoms with Gasteiger partial charge in [0.15, 0.2) is 0 Å². The number of nitrogens with one attached hydrogen (secondary N) is 1. The number of hydrogen-bond acceptors (Lipinski definition) is 5. The Morgan fingerprint density at radius 1 is 1.58 bits per heavy atom. The highest BCUT2D eigenvalue weighted by molar-refractivity contribution is 5.89. The molecular formula is C10H12N4O5. The van der Waals surface area contributed by atoms with Crippen molar-refractivity contribution in [2.24, 2.45) is 0 Å². The number of aromatic nitrogens is 2. The van der Waals surface area contributed by atoms with E-state index in [1.54, 1.807) is 0 Å². The van der Waals surface area contributed by atoms with E-state index in [2.05, 4.69) is 10.4 Å². The van der Waals surface area contributed by atoms with E-state index in [9.17, 15) is 19.7 Å². The minimum absolute atomic E-state index is 0.0217. The van der Waals surface area contributed by atoms with Gasteiger partial charge < -0.3 is 10.4 Å². The van der Waals surface area contributed by atoms with E-state index < -0.39 is 22.3 Å². The lowest BCUT2D eigenvalue weighted by atomic mass is 10.2. The summed E-state index contributed by atoms with van der Waals surface area (Å²) in [6.45, 7) is 0.162. The van der Waals surface area contributed by atoms with Gasteiger partial charge in [0, 0.05) is 13.0 Å². The number of carbonyl (C=O) groups excluding carboxylic acids is 1. The molecule has 0 spiro atoms. The average Bonchev–Trinajstić information content (AvgIpc) is 2.96. The third-order valence-corrected chi connectivity index (χ3v) is 2.94. The second-order valence-corrected chi connectivity index (χ2v) is 4.40. The molecule has 9 nitrogen and oxygen atoms in total. The van der Waals surface area contributed by atoms with Gasteiger partial charge in [0.05, 0.1) is 4.92 Å². The van der Waals surface area contributed by atoms with E-state index >= 15 is 0 Å². The molecule has 102 valence electrons. The Morgan fingerprint density at radius 2 is 2.26 bits per heavy atom. The molecule has 1 fully saturated rings. The molecular weight excluding hydrogens is 256 g/mol. The number of carbonyl (C=O) groups is 2. The normalized spacial score (nSPS) is 15.8. The quantitative estimate of drug-likeness (QED) is 0.548. The largest absolute Gasteiger partial charge is 0.480 e. The zero-order valence-corrected chi connectivity index (χ0v) is 9.90. The molecule has 0 saturated heterocycles. The number of nitro groups is 1. The monoisotopic (exact) mass is 268 g/mol. The molecule has 0 bridgehead atoms. The summed E-state index contributed by atoms with van der Waals surface area (Å²) in [6, 6.07) is 0. The SMILES string of the molecule is O=C(CCn1cc([N+](=O)[O-])cn1)NC1(C(=O)O)CC1. The van der Waals surface area contributed by atoms with Crippen molar-refractivity contribution in [2.45, 2.75) is 31.3 Å². The standard InChI is InChI=1S/C10H12N4O5/c15-8(12-10(2-3-10)9(16)17)1-4-13-6-7(5-11-13)14(18)19/h5-6H,1-4H2,(H,12,15)(H,16,17). The Balaban J connectivity index is 1.83. The number of aliphatic carboxylic acids is 1. The molecule has 2 N–H and O–H groups in total. The maximum atomic E-state index is 11.6. The highest BCUT2D eigenvalue weighted by Crippen LogP contribution is 2.35. The van der Waals surface area contributed by atoms with Gasteiger partial charge in [0.2, 0.25) is 5.91 Å². The van der Waals surface area contributed by atoms with E-state index in [4.69, 9.17) is 5.11 Å². The van der Waals surface area contributed by atoms with Gasteiger partial charge in [-0.2, -0.15) is 5.10 Å². The summed E-state index contributed by atoms with van der Waals surface area (Å²) in [5.74, 6) is -1.44. The Morgan fingerprint density at radius 3 is 2.74 bits per heavy atom. The van der Waals surface area contributed by atoms with E-state index in [0.29, 0.717) is 12.8 Å². The van der Waals surface area contributed by atoms with Crippen LogP contribution in [0, 0.1) is 10.1 Å². The maximum absolute atomic E-state index is 11.6. The predicted molar refractivity (Wildman–Crippen MR) is 61.2 cm³/mol. The molecule has 19 heavy (non-hydrogen) atoms. The van der Waals surface area contributed by atoms with Crippen LogP contribution in [0.25, 0.3) is 0 Å². The number of carboxylic acid groups (broad SMARTS) is 1. The molecule has 1 aliphatic carbocycles. The highest BCUT2D eigenvalue weighted by Gasteiger charge is 2.51. The van der Waals surface area contributed by atoms with Crippen LogP contribution in [0.1, 0.15) is 19.3 Å². The first-order valence-corrected chi connectivity index (χ1v) is 5.64. The summed E-state index contributed by atoms with van der Waals surface area (Å²) in [5.41, 5.74) is -1.25. The second-order valence-electron chi connectivity index (χ2n) is 4.40. The predicted octanol–water partition coefficient (Wildman–Crippen LogP) is -0.0852. The Kier molecular flexibility index (Phi) is 3.19. The number of nitrogens with zero attached hydrogens (tertiary/aromatic N) is 3. The van der Waals surface area contributed by atoms with Crippen LogP contribution >= 0.6 is 0 Å². The van der Waals surface area contributed by atoms with Gasteiger partial charge >= 0.3 is 11.7 Å². The van der Waals surface area contributed by atoms with E-state index in [-0.39, 0.29) is 18.7 Å². The van der Waals surface area contributed by atoms with Crippen LogP contribution in [0.5, 0.6) is 0 Å². The van der Waals surface area contributed by atoms with Gasteiger partial charge in [0.25, 0.3) is 0 Å². The van der Waals surface area contributed by atoms with Crippen LogP contribution < -0.4 is 5.32 Å². The number of amides is 1. The molecule has 2 rings (SSSR count). The second kappa shape index (κ2) is 4.67. The Bertz CT molecular complexity index is 534. The lowest BCUT2D eigenvalue weighted by Gasteiger charge is -2.12. The van der Waals surface area contributed by atoms with Crippen molar-refractivity contribution in [3.63, 3.8) is 0 Å². The Labute approximate surface area is 107 Å². The van der Waals surface area contributed by atoms with Gasteiger partial charge in [-0.05, 0) is 12.8 Å². The minimum atomic E-state index is -1.10. The fourth-order valence-electron chi connectivity index (χ4n) is 1.63. The average molecular weight is 268 g/mol. The molecule has 1 aromatic rings. The van der Waals surface area contributed by atoms with Gasteiger partial charge in [-0.3, -0.25) is 19.6 Å². The summed E-state index contributed by atoms with van der Waals surface area (Å²) in [7, 11) is 0. The van der Waals surface area contributed by atoms with Gasteiger partial charge in [-0.1, -0.05) is 0 Å². The smallest absolute Gasteiger partial charge is 0.329 e. The van der Waals surface area contributed by atoms with Gasteiger partial charge in [-0.25, -0.2) is 4.79 Å². The lowest BCUT2D eigenvalue weighted by Crippen LogP contribution is -2.43. The number of hydrogen-bond donors (Lipinski definition) is 2. The van der Waals surface area contributed by atoms with Crippen LogP contribution in [-0.2, 0) is 16.1 Å². The van der Waals surface area contributed by atoms with E-state index in [1.165, 1.54) is 10.9 Å². The zero-order chi connectivity index (χ0) is 14.0. The molecule has 0 atom stereocenters. The topological polar surface area (TPSA) is 127 Å². The van der Waals surface area contributed by atoms with Crippen molar-refractivity contribution in [3.8, 4) is 0 Å². The minimum Gasteiger partial charge on any atom is -0.480 e. The van der Waals surface area contributed by atoms with Crippen LogP contribution in [0.3, 0.4) is 0 Å². The fourth-order valence-corrected chi connectivity index (χ4v) is 1.63. The molecule has 0 aliphatic heterocycles. The fraction of sp³-hybridized carbons (Fsp3) is 0.500. The first kappa shape index (κ1) is 13.0. The molecule has 0 unspecified atom stereocenters. The molecule has 9 heteroatoms. The van der Waals surface area contributed by atoms with E-state index in [1.807, 2.05) is 0 Å². The molecule has 1 amide bonds.